The minimum Gasteiger partial charge on any atom is -0.492 e. The lowest BCUT2D eigenvalue weighted by Crippen LogP contribution is -2.32. The molecule has 1 aliphatic heterocycles. The molecule has 0 atom stereocenters. The molecule has 0 bridgehead atoms. The number of carbonyl (C=O) groups is 2. The Morgan fingerprint density at radius 1 is 1.07 bits per heavy atom. The van der Waals surface area contributed by atoms with Crippen LogP contribution in [0.1, 0.15) is 18.1 Å². The number of aromatic nitrogens is 1. The Hall–Kier alpha value is -2.99. The van der Waals surface area contributed by atoms with Gasteiger partial charge in [-0.3, -0.25) is 14.5 Å². The van der Waals surface area contributed by atoms with Gasteiger partial charge in [-0.05, 0) is 49.9 Å². The van der Waals surface area contributed by atoms with Crippen molar-refractivity contribution in [2.75, 3.05) is 13.2 Å². The summed E-state index contributed by atoms with van der Waals surface area (Å²) in [5.41, 5.74) is 3.22. The van der Waals surface area contributed by atoms with Gasteiger partial charge >= 0.3 is 0 Å². The number of fused-ring (bicyclic) bond motifs is 1. The standard InChI is InChI=1S/C23H22N2O3S/c1-3-24-15-17(19-6-4-5-7-20(19)24)14-21-22(26)25(23(27)29-21)12-13-28-18-10-8-16(2)9-11-18/h4-11,14-15H,3,12-13H2,1-2H3/b21-14-. The average molecular weight is 407 g/mol. The number of aryl methyl sites for hydroxylation is 2. The summed E-state index contributed by atoms with van der Waals surface area (Å²) in [6.45, 7) is 5.43. The third-order valence-electron chi connectivity index (χ3n) is 4.92. The molecule has 0 spiro atoms. The zero-order chi connectivity index (χ0) is 20.4. The highest BCUT2D eigenvalue weighted by atomic mass is 32.2. The Bertz CT molecular complexity index is 1100. The van der Waals surface area contributed by atoms with Gasteiger partial charge in [0.05, 0.1) is 11.4 Å². The van der Waals surface area contributed by atoms with Gasteiger partial charge in [0.25, 0.3) is 11.1 Å². The Kier molecular flexibility index (Phi) is 5.45. The van der Waals surface area contributed by atoms with Crippen LogP contribution >= 0.6 is 11.8 Å². The quantitative estimate of drug-likeness (QED) is 0.536. The van der Waals surface area contributed by atoms with Crippen molar-refractivity contribution in [2.24, 2.45) is 0 Å². The number of hydrogen-bond donors (Lipinski definition) is 0. The molecule has 0 radical (unpaired) electrons. The van der Waals surface area contributed by atoms with Crippen LogP contribution in [0.3, 0.4) is 0 Å². The minimum absolute atomic E-state index is 0.229. The van der Waals surface area contributed by atoms with Crippen molar-refractivity contribution >= 4 is 39.9 Å². The van der Waals surface area contributed by atoms with Crippen LogP contribution in [0.2, 0.25) is 0 Å². The van der Waals surface area contributed by atoms with E-state index >= 15 is 0 Å². The second-order valence-electron chi connectivity index (χ2n) is 6.88. The van der Waals surface area contributed by atoms with Crippen molar-refractivity contribution in [1.82, 2.24) is 9.47 Å². The number of amides is 2. The predicted octanol–water partition coefficient (Wildman–Crippen LogP) is 5.08. The van der Waals surface area contributed by atoms with Crippen LogP contribution in [0.5, 0.6) is 5.75 Å². The van der Waals surface area contributed by atoms with Gasteiger partial charge in [0.2, 0.25) is 0 Å². The molecule has 2 heterocycles. The molecule has 5 nitrogen and oxygen atoms in total. The SMILES string of the molecule is CCn1cc(/C=C2\SC(=O)N(CCOc3ccc(C)cc3)C2=O)c2ccccc21. The summed E-state index contributed by atoms with van der Waals surface area (Å²) in [5.74, 6) is 0.464. The number of thioether (sulfide) groups is 1. The van der Waals surface area contributed by atoms with Crippen molar-refractivity contribution in [3.63, 3.8) is 0 Å². The van der Waals surface area contributed by atoms with E-state index in [2.05, 4.69) is 17.6 Å². The smallest absolute Gasteiger partial charge is 0.293 e. The summed E-state index contributed by atoms with van der Waals surface area (Å²) in [4.78, 5) is 26.8. The maximum Gasteiger partial charge on any atom is 0.293 e. The molecule has 1 fully saturated rings. The van der Waals surface area contributed by atoms with E-state index in [-0.39, 0.29) is 24.3 Å². The first kappa shape index (κ1) is 19.3. The number of para-hydroxylation sites is 1. The van der Waals surface area contributed by atoms with E-state index in [1.807, 2.05) is 61.7 Å². The predicted molar refractivity (Wildman–Crippen MR) is 117 cm³/mol. The van der Waals surface area contributed by atoms with Gasteiger partial charge in [-0.2, -0.15) is 0 Å². The lowest BCUT2D eigenvalue weighted by atomic mass is 10.1. The molecular weight excluding hydrogens is 384 g/mol. The number of rotatable bonds is 6. The lowest BCUT2D eigenvalue weighted by Gasteiger charge is -2.13. The molecular formula is C23H22N2O3S. The minimum atomic E-state index is -0.263. The van der Waals surface area contributed by atoms with E-state index in [1.165, 1.54) is 4.90 Å². The van der Waals surface area contributed by atoms with E-state index in [0.717, 1.165) is 46.1 Å². The second kappa shape index (κ2) is 8.17. The van der Waals surface area contributed by atoms with Crippen LogP contribution in [-0.2, 0) is 11.3 Å². The van der Waals surface area contributed by atoms with E-state index in [9.17, 15) is 9.59 Å². The number of imide groups is 1. The molecule has 6 heteroatoms. The zero-order valence-corrected chi connectivity index (χ0v) is 17.2. The third-order valence-corrected chi connectivity index (χ3v) is 5.83. The number of nitrogens with zero attached hydrogens (tertiary/aromatic N) is 2. The first-order valence-electron chi connectivity index (χ1n) is 9.59. The topological polar surface area (TPSA) is 51.5 Å². The fraction of sp³-hybridized carbons (Fsp3) is 0.217. The Balaban J connectivity index is 1.48. The number of carbonyl (C=O) groups excluding carboxylic acids is 2. The van der Waals surface area contributed by atoms with Crippen molar-refractivity contribution < 1.29 is 14.3 Å². The largest absolute Gasteiger partial charge is 0.492 e. The molecule has 1 aromatic heterocycles. The highest BCUT2D eigenvalue weighted by Crippen LogP contribution is 2.34. The Labute approximate surface area is 173 Å². The van der Waals surface area contributed by atoms with E-state index in [1.54, 1.807) is 0 Å². The average Bonchev–Trinajstić information content (AvgIpc) is 3.21. The second-order valence-corrected chi connectivity index (χ2v) is 7.88. The molecule has 3 aromatic rings. The van der Waals surface area contributed by atoms with Gasteiger partial charge in [-0.15, -0.1) is 0 Å². The van der Waals surface area contributed by atoms with Crippen LogP contribution in [0.4, 0.5) is 4.79 Å². The molecule has 0 N–H and O–H groups in total. The highest BCUT2D eigenvalue weighted by Gasteiger charge is 2.35. The Morgan fingerprint density at radius 3 is 2.59 bits per heavy atom. The van der Waals surface area contributed by atoms with Crippen LogP contribution in [0, 0.1) is 6.92 Å². The number of ether oxygens (including phenoxy) is 1. The third kappa shape index (κ3) is 3.93. The maximum atomic E-state index is 12.8. The summed E-state index contributed by atoms with van der Waals surface area (Å²) in [5, 5.41) is 0.817. The van der Waals surface area contributed by atoms with Gasteiger partial charge in [0.15, 0.2) is 0 Å². The van der Waals surface area contributed by atoms with Gasteiger partial charge in [0.1, 0.15) is 12.4 Å². The molecule has 0 saturated carbocycles. The van der Waals surface area contributed by atoms with Gasteiger partial charge < -0.3 is 9.30 Å². The van der Waals surface area contributed by atoms with E-state index in [0.29, 0.717) is 4.91 Å². The zero-order valence-electron chi connectivity index (χ0n) is 16.4. The van der Waals surface area contributed by atoms with Crippen LogP contribution in [0.25, 0.3) is 17.0 Å². The summed E-state index contributed by atoms with van der Waals surface area (Å²) >= 11 is 0.984. The van der Waals surface area contributed by atoms with Crippen molar-refractivity contribution in [2.45, 2.75) is 20.4 Å². The maximum absolute atomic E-state index is 12.8. The molecule has 1 aliphatic rings. The molecule has 4 rings (SSSR count). The monoisotopic (exact) mass is 406 g/mol. The normalized spacial score (nSPS) is 15.7. The van der Waals surface area contributed by atoms with Crippen LogP contribution in [0.15, 0.2) is 59.6 Å². The number of hydrogen-bond acceptors (Lipinski definition) is 4. The fourth-order valence-corrected chi connectivity index (χ4v) is 4.23. The van der Waals surface area contributed by atoms with Gasteiger partial charge in [-0.25, -0.2) is 0 Å². The summed E-state index contributed by atoms with van der Waals surface area (Å²) < 4.78 is 7.81. The molecule has 0 aliphatic carbocycles. The highest BCUT2D eigenvalue weighted by molar-refractivity contribution is 8.18. The molecule has 2 aromatic carbocycles. The first-order chi connectivity index (χ1) is 14.1. The van der Waals surface area contributed by atoms with Crippen molar-refractivity contribution in [3.8, 4) is 5.75 Å². The summed E-state index contributed by atoms with van der Waals surface area (Å²) in [7, 11) is 0. The molecule has 0 unspecified atom stereocenters. The van der Waals surface area contributed by atoms with E-state index in [4.69, 9.17) is 4.74 Å². The molecule has 148 valence electrons. The van der Waals surface area contributed by atoms with E-state index < -0.39 is 0 Å². The molecule has 1 saturated heterocycles. The molecule has 29 heavy (non-hydrogen) atoms. The van der Waals surface area contributed by atoms with Crippen molar-refractivity contribution in [3.05, 3.63) is 70.8 Å². The van der Waals surface area contributed by atoms with Crippen molar-refractivity contribution in [1.29, 1.82) is 0 Å². The lowest BCUT2D eigenvalue weighted by molar-refractivity contribution is -0.123. The first-order valence-corrected chi connectivity index (χ1v) is 10.4. The van der Waals surface area contributed by atoms with Crippen LogP contribution in [-0.4, -0.2) is 33.8 Å². The summed E-state index contributed by atoms with van der Waals surface area (Å²) in [6.07, 6.45) is 3.85. The van der Waals surface area contributed by atoms with Gasteiger partial charge in [0, 0.05) is 29.2 Å². The molecule has 2 amide bonds. The number of benzene rings is 2. The van der Waals surface area contributed by atoms with Gasteiger partial charge in [-0.1, -0.05) is 35.9 Å². The summed E-state index contributed by atoms with van der Waals surface area (Å²) in [6, 6.07) is 15.8. The fourth-order valence-electron chi connectivity index (χ4n) is 3.38. The van der Waals surface area contributed by atoms with Crippen LogP contribution < -0.4 is 4.74 Å². The Morgan fingerprint density at radius 2 is 1.83 bits per heavy atom.